The molecule has 0 spiro atoms. The molecule has 0 fully saturated rings. The Labute approximate surface area is 133 Å². The number of rotatable bonds is 4. The summed E-state index contributed by atoms with van der Waals surface area (Å²) in [5.74, 6) is -1.27. The molecular formula is C16H18N2O3S. The predicted octanol–water partition coefficient (Wildman–Crippen LogP) is 3.12. The van der Waals surface area contributed by atoms with Gasteiger partial charge in [-0.25, -0.2) is 9.78 Å². The third-order valence-corrected chi connectivity index (χ3v) is 4.78. The van der Waals surface area contributed by atoms with E-state index in [-0.39, 0.29) is 11.5 Å². The lowest BCUT2D eigenvalue weighted by molar-refractivity contribution is 0.0696. The number of carbonyl (C=O) groups is 2. The van der Waals surface area contributed by atoms with Gasteiger partial charge in [0.25, 0.3) is 5.91 Å². The van der Waals surface area contributed by atoms with E-state index in [9.17, 15) is 9.59 Å². The summed E-state index contributed by atoms with van der Waals surface area (Å²) in [6.07, 6.45) is 0. The van der Waals surface area contributed by atoms with Crippen molar-refractivity contribution in [2.75, 3.05) is 0 Å². The Balaban J connectivity index is 2.18. The van der Waals surface area contributed by atoms with Crippen molar-refractivity contribution in [1.29, 1.82) is 0 Å². The van der Waals surface area contributed by atoms with Crippen LogP contribution >= 0.6 is 11.3 Å². The van der Waals surface area contributed by atoms with Crippen LogP contribution in [0.5, 0.6) is 0 Å². The fraction of sp³-hybridized carbons (Fsp3) is 0.312. The van der Waals surface area contributed by atoms with Gasteiger partial charge in [0.15, 0.2) is 0 Å². The number of thiazole rings is 1. The first kappa shape index (κ1) is 16.2. The zero-order valence-corrected chi connectivity index (χ0v) is 13.7. The molecule has 0 aliphatic rings. The van der Waals surface area contributed by atoms with Crippen LogP contribution in [0.25, 0.3) is 0 Å². The highest BCUT2D eigenvalue weighted by Gasteiger charge is 2.27. The highest BCUT2D eigenvalue weighted by atomic mass is 32.1. The molecule has 6 heteroatoms. The molecule has 0 bridgehead atoms. The van der Waals surface area contributed by atoms with Gasteiger partial charge in [-0.2, -0.15) is 0 Å². The lowest BCUT2D eigenvalue weighted by atomic mass is 10.0. The second-order valence-electron chi connectivity index (χ2n) is 5.62. The molecule has 22 heavy (non-hydrogen) atoms. The Morgan fingerprint density at radius 1 is 1.14 bits per heavy atom. The van der Waals surface area contributed by atoms with Gasteiger partial charge in [0, 0.05) is 10.4 Å². The molecular weight excluding hydrogens is 300 g/mol. The van der Waals surface area contributed by atoms with Gasteiger partial charge < -0.3 is 10.4 Å². The monoisotopic (exact) mass is 318 g/mol. The number of aryl methyl sites for hydroxylation is 2. The summed E-state index contributed by atoms with van der Waals surface area (Å²) in [6, 6.07) is 5.85. The van der Waals surface area contributed by atoms with Crippen LogP contribution in [0.4, 0.5) is 0 Å². The minimum absolute atomic E-state index is 0.155. The van der Waals surface area contributed by atoms with Crippen LogP contribution < -0.4 is 5.32 Å². The van der Waals surface area contributed by atoms with Crippen LogP contribution in [0.3, 0.4) is 0 Å². The summed E-state index contributed by atoms with van der Waals surface area (Å²) >= 11 is 1.56. The number of carboxylic acids is 1. The van der Waals surface area contributed by atoms with Crippen molar-refractivity contribution in [3.8, 4) is 0 Å². The lowest BCUT2D eigenvalue weighted by Crippen LogP contribution is -2.41. The van der Waals surface area contributed by atoms with Gasteiger partial charge in [0.1, 0.15) is 5.01 Å². The second kappa shape index (κ2) is 5.88. The number of hydrogen-bond donors (Lipinski definition) is 2. The lowest BCUT2D eigenvalue weighted by Gasteiger charge is -2.24. The molecule has 1 aromatic carbocycles. The molecule has 0 unspecified atom stereocenters. The molecule has 5 nitrogen and oxygen atoms in total. The number of carboxylic acid groups (broad SMARTS) is 1. The van der Waals surface area contributed by atoms with Gasteiger partial charge >= 0.3 is 5.97 Å². The first-order valence-corrected chi connectivity index (χ1v) is 7.63. The molecule has 0 atom stereocenters. The van der Waals surface area contributed by atoms with E-state index in [0.717, 1.165) is 15.6 Å². The number of amides is 1. The van der Waals surface area contributed by atoms with Gasteiger partial charge in [-0.3, -0.25) is 4.79 Å². The molecule has 116 valence electrons. The Kier molecular flexibility index (Phi) is 4.32. The number of carbonyl (C=O) groups excluding carboxylic acids is 1. The number of nitrogens with one attached hydrogen (secondary N) is 1. The van der Waals surface area contributed by atoms with E-state index in [4.69, 9.17) is 5.11 Å². The topological polar surface area (TPSA) is 79.3 Å². The van der Waals surface area contributed by atoms with Crippen molar-refractivity contribution in [3.63, 3.8) is 0 Å². The molecule has 0 saturated heterocycles. The minimum Gasteiger partial charge on any atom is -0.478 e. The van der Waals surface area contributed by atoms with E-state index in [2.05, 4.69) is 10.3 Å². The van der Waals surface area contributed by atoms with Crippen LogP contribution in [0.2, 0.25) is 0 Å². The second-order valence-corrected chi connectivity index (χ2v) is 6.83. The zero-order chi connectivity index (χ0) is 16.5. The molecule has 2 rings (SSSR count). The summed E-state index contributed by atoms with van der Waals surface area (Å²) in [5.41, 5.74) is 0.949. The fourth-order valence-electron chi connectivity index (χ4n) is 1.91. The van der Waals surface area contributed by atoms with Gasteiger partial charge in [0.2, 0.25) is 0 Å². The molecule has 2 aromatic rings. The Hall–Kier alpha value is -2.21. The van der Waals surface area contributed by atoms with Crippen molar-refractivity contribution < 1.29 is 14.7 Å². The molecule has 1 amide bonds. The average Bonchev–Trinajstić information content (AvgIpc) is 2.79. The summed E-state index contributed by atoms with van der Waals surface area (Å²) in [5, 5.41) is 12.7. The van der Waals surface area contributed by atoms with Crippen molar-refractivity contribution in [2.24, 2.45) is 0 Å². The van der Waals surface area contributed by atoms with Crippen LogP contribution in [0.1, 0.15) is 50.1 Å². The summed E-state index contributed by atoms with van der Waals surface area (Å²) < 4.78 is 0. The van der Waals surface area contributed by atoms with E-state index in [0.29, 0.717) is 5.56 Å². The Morgan fingerprint density at radius 2 is 1.68 bits per heavy atom. The number of aromatic carboxylic acids is 1. The van der Waals surface area contributed by atoms with E-state index in [1.807, 2.05) is 27.7 Å². The third-order valence-electron chi connectivity index (χ3n) is 3.38. The molecule has 0 aliphatic carbocycles. The van der Waals surface area contributed by atoms with Crippen LogP contribution in [0.15, 0.2) is 24.3 Å². The third kappa shape index (κ3) is 3.33. The SMILES string of the molecule is Cc1nc(C(C)(C)NC(=O)c2ccc(C(=O)O)cc2)sc1C. The first-order valence-electron chi connectivity index (χ1n) is 6.81. The quantitative estimate of drug-likeness (QED) is 0.907. The highest BCUT2D eigenvalue weighted by molar-refractivity contribution is 7.11. The van der Waals surface area contributed by atoms with Crippen molar-refractivity contribution >= 4 is 23.2 Å². The van der Waals surface area contributed by atoms with Crippen molar-refractivity contribution in [2.45, 2.75) is 33.2 Å². The Morgan fingerprint density at radius 3 is 2.14 bits per heavy atom. The molecule has 1 aromatic heterocycles. The minimum atomic E-state index is -1.01. The van der Waals surface area contributed by atoms with Crippen LogP contribution in [-0.4, -0.2) is 22.0 Å². The van der Waals surface area contributed by atoms with Gasteiger partial charge in [-0.05, 0) is 52.0 Å². The van der Waals surface area contributed by atoms with Gasteiger partial charge in [-0.1, -0.05) is 0 Å². The maximum absolute atomic E-state index is 12.3. The van der Waals surface area contributed by atoms with Crippen LogP contribution in [0, 0.1) is 13.8 Å². The molecule has 0 saturated carbocycles. The first-order chi connectivity index (χ1) is 10.2. The van der Waals surface area contributed by atoms with Crippen LogP contribution in [-0.2, 0) is 5.54 Å². The van der Waals surface area contributed by atoms with E-state index in [1.165, 1.54) is 24.3 Å². The number of benzene rings is 1. The average molecular weight is 318 g/mol. The largest absolute Gasteiger partial charge is 0.478 e. The van der Waals surface area contributed by atoms with Crippen molar-refractivity contribution in [3.05, 3.63) is 51.0 Å². The Bertz CT molecular complexity index is 698. The number of aromatic nitrogens is 1. The number of nitrogens with zero attached hydrogens (tertiary/aromatic N) is 1. The maximum atomic E-state index is 12.3. The zero-order valence-electron chi connectivity index (χ0n) is 12.9. The van der Waals surface area contributed by atoms with Crippen molar-refractivity contribution in [1.82, 2.24) is 10.3 Å². The maximum Gasteiger partial charge on any atom is 0.335 e. The van der Waals surface area contributed by atoms with Gasteiger partial charge in [0.05, 0.1) is 16.8 Å². The highest BCUT2D eigenvalue weighted by Crippen LogP contribution is 2.27. The number of hydrogen-bond acceptors (Lipinski definition) is 4. The smallest absolute Gasteiger partial charge is 0.335 e. The van der Waals surface area contributed by atoms with E-state index >= 15 is 0 Å². The summed E-state index contributed by atoms with van der Waals surface area (Å²) in [7, 11) is 0. The molecule has 0 aliphatic heterocycles. The predicted molar refractivity (Wildman–Crippen MR) is 85.5 cm³/mol. The van der Waals surface area contributed by atoms with Gasteiger partial charge in [-0.15, -0.1) is 11.3 Å². The fourth-order valence-corrected chi connectivity index (χ4v) is 2.89. The van der Waals surface area contributed by atoms with E-state index < -0.39 is 11.5 Å². The normalized spacial score (nSPS) is 11.3. The molecule has 0 radical (unpaired) electrons. The summed E-state index contributed by atoms with van der Waals surface area (Å²) in [6.45, 7) is 7.74. The summed E-state index contributed by atoms with van der Waals surface area (Å²) in [4.78, 5) is 28.8. The standard InChI is InChI=1S/C16H18N2O3S/c1-9-10(2)22-15(17-9)16(3,4)18-13(19)11-5-7-12(8-6-11)14(20)21/h5-8H,1-4H3,(H,18,19)(H,20,21). The van der Waals surface area contributed by atoms with E-state index in [1.54, 1.807) is 11.3 Å². The molecule has 2 N–H and O–H groups in total. The molecule has 1 heterocycles.